The average molecular weight is 248 g/mol. The van der Waals surface area contributed by atoms with Gasteiger partial charge in [0.1, 0.15) is 0 Å². The van der Waals surface area contributed by atoms with Crippen molar-refractivity contribution in [2.24, 2.45) is 11.1 Å². The van der Waals surface area contributed by atoms with E-state index in [1.807, 2.05) is 0 Å². The first kappa shape index (κ1) is 15.2. The normalized spacial score (nSPS) is 14.0. The van der Waals surface area contributed by atoms with Gasteiger partial charge in [0.25, 0.3) is 0 Å². The van der Waals surface area contributed by atoms with Crippen LogP contribution in [0.2, 0.25) is 0 Å². The summed E-state index contributed by atoms with van der Waals surface area (Å²) in [6.07, 6.45) is 1.08. The maximum absolute atomic E-state index is 5.88. The van der Waals surface area contributed by atoms with E-state index in [1.165, 1.54) is 16.7 Å². The zero-order valence-corrected chi connectivity index (χ0v) is 12.7. The van der Waals surface area contributed by atoms with Gasteiger partial charge in [-0.3, -0.25) is 0 Å². The Bertz CT molecular complexity index is 394. The Morgan fingerprint density at radius 2 is 1.83 bits per heavy atom. The molecule has 1 rings (SSSR count). The van der Waals surface area contributed by atoms with Crippen molar-refractivity contribution in [1.29, 1.82) is 0 Å². The summed E-state index contributed by atoms with van der Waals surface area (Å²) >= 11 is 0. The Labute approximate surface area is 112 Å². The van der Waals surface area contributed by atoms with Crippen LogP contribution < -0.4 is 5.73 Å². The van der Waals surface area contributed by atoms with Gasteiger partial charge in [-0.1, -0.05) is 37.6 Å². The number of hydrogen-bond donors (Lipinski definition) is 1. The van der Waals surface area contributed by atoms with E-state index in [4.69, 9.17) is 5.73 Å². The number of rotatable bonds is 5. The summed E-state index contributed by atoms with van der Waals surface area (Å²) < 4.78 is 0. The van der Waals surface area contributed by atoms with E-state index in [1.54, 1.807) is 0 Å². The fraction of sp³-hybridized carbons (Fsp3) is 0.625. The summed E-state index contributed by atoms with van der Waals surface area (Å²) in [6.45, 7) is 9.57. The second-order valence-corrected chi connectivity index (χ2v) is 6.41. The Morgan fingerprint density at radius 3 is 2.33 bits per heavy atom. The number of benzene rings is 1. The van der Waals surface area contributed by atoms with Crippen LogP contribution >= 0.6 is 0 Å². The fourth-order valence-electron chi connectivity index (χ4n) is 2.30. The lowest BCUT2D eigenvalue weighted by molar-refractivity contribution is 0.202. The second-order valence-electron chi connectivity index (χ2n) is 6.41. The standard InChI is InChI=1S/C16H28N2/c1-12-7-8-13(2)14(9-12)15(18(5)6)10-16(3,4)11-17/h7-9,15H,10-11,17H2,1-6H3. The summed E-state index contributed by atoms with van der Waals surface area (Å²) in [4.78, 5) is 2.30. The smallest absolute Gasteiger partial charge is 0.0350 e. The zero-order chi connectivity index (χ0) is 13.9. The van der Waals surface area contributed by atoms with Crippen LogP contribution in [0.1, 0.15) is 43.0 Å². The molecule has 0 bridgehead atoms. The molecule has 1 atom stereocenters. The fourth-order valence-corrected chi connectivity index (χ4v) is 2.30. The summed E-state index contributed by atoms with van der Waals surface area (Å²) in [5.41, 5.74) is 10.2. The van der Waals surface area contributed by atoms with E-state index < -0.39 is 0 Å². The number of hydrogen-bond acceptors (Lipinski definition) is 2. The van der Waals surface area contributed by atoms with Gasteiger partial charge in [-0.05, 0) is 57.5 Å². The molecule has 2 N–H and O–H groups in total. The minimum Gasteiger partial charge on any atom is -0.330 e. The minimum absolute atomic E-state index is 0.172. The molecule has 1 aromatic carbocycles. The van der Waals surface area contributed by atoms with Crippen LogP contribution in [-0.2, 0) is 0 Å². The van der Waals surface area contributed by atoms with E-state index in [0.717, 1.165) is 13.0 Å². The van der Waals surface area contributed by atoms with Crippen molar-refractivity contribution in [2.75, 3.05) is 20.6 Å². The molecule has 0 heterocycles. The molecule has 102 valence electrons. The van der Waals surface area contributed by atoms with Gasteiger partial charge >= 0.3 is 0 Å². The van der Waals surface area contributed by atoms with E-state index in [2.05, 4.69) is 64.9 Å². The van der Waals surface area contributed by atoms with Gasteiger partial charge in [-0.2, -0.15) is 0 Å². The highest BCUT2D eigenvalue weighted by atomic mass is 15.1. The molecule has 0 saturated heterocycles. The Balaban J connectivity index is 3.09. The van der Waals surface area contributed by atoms with Crippen molar-refractivity contribution in [3.05, 3.63) is 34.9 Å². The number of aryl methyl sites for hydroxylation is 2. The number of nitrogens with zero attached hydrogens (tertiary/aromatic N) is 1. The van der Waals surface area contributed by atoms with Crippen LogP contribution in [0.15, 0.2) is 18.2 Å². The maximum Gasteiger partial charge on any atom is 0.0350 e. The molecule has 0 aliphatic carbocycles. The van der Waals surface area contributed by atoms with Gasteiger partial charge < -0.3 is 10.6 Å². The first-order valence-electron chi connectivity index (χ1n) is 6.70. The van der Waals surface area contributed by atoms with Gasteiger partial charge in [0, 0.05) is 6.04 Å². The summed E-state index contributed by atoms with van der Waals surface area (Å²) in [7, 11) is 4.30. The molecule has 18 heavy (non-hydrogen) atoms. The van der Waals surface area contributed by atoms with E-state index >= 15 is 0 Å². The van der Waals surface area contributed by atoms with Crippen molar-refractivity contribution in [1.82, 2.24) is 4.90 Å². The summed E-state index contributed by atoms with van der Waals surface area (Å²) in [5.74, 6) is 0. The van der Waals surface area contributed by atoms with Crippen LogP contribution in [0.5, 0.6) is 0 Å². The largest absolute Gasteiger partial charge is 0.330 e. The van der Waals surface area contributed by atoms with Crippen molar-refractivity contribution >= 4 is 0 Å². The maximum atomic E-state index is 5.88. The first-order chi connectivity index (χ1) is 8.26. The molecule has 1 unspecified atom stereocenters. The molecule has 0 amide bonds. The van der Waals surface area contributed by atoms with Gasteiger partial charge in [0.15, 0.2) is 0 Å². The van der Waals surface area contributed by atoms with E-state index in [9.17, 15) is 0 Å². The summed E-state index contributed by atoms with van der Waals surface area (Å²) in [6, 6.07) is 7.14. The van der Waals surface area contributed by atoms with Crippen LogP contribution in [0.4, 0.5) is 0 Å². The third kappa shape index (κ3) is 3.82. The highest BCUT2D eigenvalue weighted by molar-refractivity contribution is 5.33. The molecule has 0 aliphatic rings. The third-order valence-corrected chi connectivity index (χ3v) is 3.72. The highest BCUT2D eigenvalue weighted by Crippen LogP contribution is 2.34. The zero-order valence-electron chi connectivity index (χ0n) is 12.7. The van der Waals surface area contributed by atoms with Gasteiger partial charge in [-0.25, -0.2) is 0 Å². The first-order valence-corrected chi connectivity index (χ1v) is 6.70. The minimum atomic E-state index is 0.172. The quantitative estimate of drug-likeness (QED) is 0.866. The van der Waals surface area contributed by atoms with E-state index in [0.29, 0.717) is 6.04 Å². The molecule has 0 saturated carbocycles. The SMILES string of the molecule is Cc1ccc(C)c(C(CC(C)(C)CN)N(C)C)c1. The Morgan fingerprint density at radius 1 is 1.22 bits per heavy atom. The lowest BCUT2D eigenvalue weighted by atomic mass is 9.82. The van der Waals surface area contributed by atoms with Crippen molar-refractivity contribution in [3.8, 4) is 0 Å². The second kappa shape index (κ2) is 5.85. The molecule has 0 fully saturated rings. The molecular formula is C16H28N2. The highest BCUT2D eigenvalue weighted by Gasteiger charge is 2.25. The average Bonchev–Trinajstić information content (AvgIpc) is 2.29. The molecule has 2 nitrogen and oxygen atoms in total. The molecule has 0 spiro atoms. The topological polar surface area (TPSA) is 29.3 Å². The molecule has 0 aliphatic heterocycles. The molecule has 0 aromatic heterocycles. The Hall–Kier alpha value is -0.860. The monoisotopic (exact) mass is 248 g/mol. The van der Waals surface area contributed by atoms with Crippen LogP contribution in [0.25, 0.3) is 0 Å². The van der Waals surface area contributed by atoms with Crippen molar-refractivity contribution in [3.63, 3.8) is 0 Å². The molecule has 0 radical (unpaired) electrons. The van der Waals surface area contributed by atoms with Crippen LogP contribution in [-0.4, -0.2) is 25.5 Å². The van der Waals surface area contributed by atoms with Gasteiger partial charge in [-0.15, -0.1) is 0 Å². The van der Waals surface area contributed by atoms with Gasteiger partial charge in [0.2, 0.25) is 0 Å². The van der Waals surface area contributed by atoms with Crippen LogP contribution in [0, 0.1) is 19.3 Å². The predicted molar refractivity (Wildman–Crippen MR) is 79.8 cm³/mol. The molecule has 2 heteroatoms. The van der Waals surface area contributed by atoms with Crippen molar-refractivity contribution < 1.29 is 0 Å². The van der Waals surface area contributed by atoms with Crippen molar-refractivity contribution in [2.45, 2.75) is 40.2 Å². The predicted octanol–water partition coefficient (Wildman–Crippen LogP) is 3.28. The lowest BCUT2D eigenvalue weighted by Crippen LogP contribution is -2.31. The Kier molecular flexibility index (Phi) is 4.94. The van der Waals surface area contributed by atoms with E-state index in [-0.39, 0.29) is 5.41 Å². The van der Waals surface area contributed by atoms with Gasteiger partial charge in [0.05, 0.1) is 0 Å². The third-order valence-electron chi connectivity index (χ3n) is 3.72. The van der Waals surface area contributed by atoms with Crippen LogP contribution in [0.3, 0.4) is 0 Å². The molecular weight excluding hydrogens is 220 g/mol. The number of nitrogens with two attached hydrogens (primary N) is 1. The molecule has 1 aromatic rings. The lowest BCUT2D eigenvalue weighted by Gasteiger charge is -2.34. The summed E-state index contributed by atoms with van der Waals surface area (Å²) in [5, 5.41) is 0.